The Balaban J connectivity index is 1.22. The Kier molecular flexibility index (Phi) is 10.2. The molecular weight excluding hydrogens is 544 g/mol. The Morgan fingerprint density at radius 3 is 2.53 bits per heavy atom. The standard InChI is InChI=1S/C36H58O7/c1-7-30(37)41-20-29-31(38)32(39)33(40)34(43-29)42-24-15-17-35(5)23(19-24)11-12-25-27-14-13-26(22(4)10-8-9-21(2)3)36(27,6)18-16-28(25)35/h7,11,21-22,24-29,31-34,38-40H,1,8-10,12-20H2,2-6H3/t22-,24?,25+,26-,27+,28+,29-,31-,32+,33-,34-,35+,36-/m1/s1. The molecule has 0 aromatic rings. The van der Waals surface area contributed by atoms with E-state index in [-0.39, 0.29) is 18.1 Å². The number of aliphatic hydroxyl groups is 3. The maximum Gasteiger partial charge on any atom is 0.330 e. The normalized spacial score (nSPS) is 45.0. The maximum atomic E-state index is 11.5. The lowest BCUT2D eigenvalue weighted by molar-refractivity contribution is -0.313. The summed E-state index contributed by atoms with van der Waals surface area (Å²) in [5, 5.41) is 31.5. The van der Waals surface area contributed by atoms with Crippen LogP contribution >= 0.6 is 0 Å². The quantitative estimate of drug-likeness (QED) is 0.161. The van der Waals surface area contributed by atoms with Gasteiger partial charge in [-0.3, -0.25) is 0 Å². The minimum absolute atomic E-state index is 0.147. The summed E-state index contributed by atoms with van der Waals surface area (Å²) in [6.07, 6.45) is 10.4. The lowest BCUT2D eigenvalue weighted by Gasteiger charge is -2.58. The average Bonchev–Trinajstić information content (AvgIpc) is 3.33. The summed E-state index contributed by atoms with van der Waals surface area (Å²) < 4.78 is 17.2. The van der Waals surface area contributed by atoms with Crippen LogP contribution in [0, 0.1) is 46.3 Å². The first-order valence-corrected chi connectivity index (χ1v) is 17.2. The summed E-state index contributed by atoms with van der Waals surface area (Å²) in [4.78, 5) is 11.5. The molecule has 5 aliphatic rings. The summed E-state index contributed by atoms with van der Waals surface area (Å²) in [6, 6.07) is 0. The van der Waals surface area contributed by atoms with Crippen LogP contribution in [-0.4, -0.2) is 64.7 Å². The van der Waals surface area contributed by atoms with Gasteiger partial charge in [-0.15, -0.1) is 0 Å². The Morgan fingerprint density at radius 1 is 1.05 bits per heavy atom. The van der Waals surface area contributed by atoms with Gasteiger partial charge in [0.1, 0.15) is 31.0 Å². The van der Waals surface area contributed by atoms with Crippen LogP contribution in [0.3, 0.4) is 0 Å². The van der Waals surface area contributed by atoms with Gasteiger partial charge in [0.05, 0.1) is 6.10 Å². The van der Waals surface area contributed by atoms with Gasteiger partial charge in [0.2, 0.25) is 0 Å². The van der Waals surface area contributed by atoms with E-state index < -0.39 is 36.7 Å². The molecule has 1 unspecified atom stereocenters. The number of allylic oxidation sites excluding steroid dienone is 1. The Hall–Kier alpha value is -1.25. The monoisotopic (exact) mass is 602 g/mol. The van der Waals surface area contributed by atoms with Crippen LogP contribution < -0.4 is 0 Å². The van der Waals surface area contributed by atoms with Gasteiger partial charge in [0.25, 0.3) is 0 Å². The molecule has 0 aromatic heterocycles. The minimum atomic E-state index is -1.46. The highest BCUT2D eigenvalue weighted by Gasteiger charge is 2.59. The zero-order chi connectivity index (χ0) is 31.1. The molecule has 43 heavy (non-hydrogen) atoms. The van der Waals surface area contributed by atoms with Crippen molar-refractivity contribution >= 4 is 5.97 Å². The van der Waals surface area contributed by atoms with Crippen molar-refractivity contribution in [3.8, 4) is 0 Å². The molecule has 1 saturated heterocycles. The molecule has 7 heteroatoms. The van der Waals surface area contributed by atoms with Gasteiger partial charge in [-0.05, 0) is 97.7 Å². The minimum Gasteiger partial charge on any atom is -0.460 e. The van der Waals surface area contributed by atoms with Crippen LogP contribution in [0.1, 0.15) is 105 Å². The lowest BCUT2D eigenvalue weighted by atomic mass is 9.47. The molecule has 13 atom stereocenters. The van der Waals surface area contributed by atoms with Crippen molar-refractivity contribution in [3.63, 3.8) is 0 Å². The molecule has 7 nitrogen and oxygen atoms in total. The number of aliphatic hydroxyl groups excluding tert-OH is 3. The van der Waals surface area contributed by atoms with Gasteiger partial charge in [-0.2, -0.15) is 0 Å². The maximum absolute atomic E-state index is 11.5. The van der Waals surface area contributed by atoms with E-state index in [1.54, 1.807) is 0 Å². The molecular formula is C36H58O7. The van der Waals surface area contributed by atoms with Crippen LogP contribution in [0.4, 0.5) is 0 Å². The van der Waals surface area contributed by atoms with Crippen molar-refractivity contribution in [1.29, 1.82) is 0 Å². The lowest BCUT2D eigenvalue weighted by Crippen LogP contribution is -2.60. The second kappa shape index (κ2) is 13.2. The molecule has 4 aliphatic carbocycles. The molecule has 0 bridgehead atoms. The predicted octanol–water partition coefficient (Wildman–Crippen LogP) is 5.95. The first-order valence-electron chi connectivity index (χ1n) is 17.2. The van der Waals surface area contributed by atoms with Crippen LogP contribution in [0.25, 0.3) is 0 Å². The number of carbonyl (C=O) groups is 1. The predicted molar refractivity (Wildman–Crippen MR) is 166 cm³/mol. The summed E-state index contributed by atoms with van der Waals surface area (Å²) in [6.45, 7) is 15.5. The second-order valence-electron chi connectivity index (χ2n) is 15.6. The van der Waals surface area contributed by atoms with E-state index in [0.717, 1.165) is 61.3 Å². The van der Waals surface area contributed by atoms with Gasteiger partial charge >= 0.3 is 5.97 Å². The van der Waals surface area contributed by atoms with Gasteiger partial charge in [-0.25, -0.2) is 4.79 Å². The van der Waals surface area contributed by atoms with E-state index in [2.05, 4.69) is 47.3 Å². The number of esters is 1. The number of hydrogen-bond donors (Lipinski definition) is 3. The van der Waals surface area contributed by atoms with Crippen LogP contribution in [-0.2, 0) is 19.0 Å². The fourth-order valence-electron chi connectivity index (χ4n) is 10.3. The van der Waals surface area contributed by atoms with Crippen LogP contribution in [0.5, 0.6) is 0 Å². The van der Waals surface area contributed by atoms with Crippen molar-refractivity contribution < 1.29 is 34.3 Å². The molecule has 0 radical (unpaired) electrons. The molecule has 0 amide bonds. The van der Waals surface area contributed by atoms with Gasteiger partial charge in [-0.1, -0.05) is 72.1 Å². The SMILES string of the molecule is C=CC(=O)OC[C@H]1O[C@@H](OC2CC[C@@]3(C)C(=CC[C@H]4[C@@H]5CC[C@H]([C@H](C)CCCC(C)C)[C@@]5(C)CC[C@@H]43)C2)[C@H](O)[C@@H](O)[C@@H]1O. The van der Waals surface area contributed by atoms with Crippen LogP contribution in [0.2, 0.25) is 0 Å². The van der Waals surface area contributed by atoms with E-state index in [0.29, 0.717) is 11.3 Å². The van der Waals surface area contributed by atoms with Gasteiger partial charge in [0.15, 0.2) is 6.29 Å². The Morgan fingerprint density at radius 2 is 1.81 bits per heavy atom. The van der Waals surface area contributed by atoms with Crippen molar-refractivity contribution in [2.75, 3.05) is 6.61 Å². The zero-order valence-electron chi connectivity index (χ0n) is 27.2. The third-order valence-corrected chi connectivity index (χ3v) is 12.8. The highest BCUT2D eigenvalue weighted by Crippen LogP contribution is 2.67. The van der Waals surface area contributed by atoms with E-state index in [4.69, 9.17) is 14.2 Å². The highest BCUT2D eigenvalue weighted by atomic mass is 16.7. The Bertz CT molecular complexity index is 1030. The second-order valence-corrected chi connectivity index (χ2v) is 15.6. The summed E-state index contributed by atoms with van der Waals surface area (Å²) in [7, 11) is 0. The number of carbonyl (C=O) groups excluding carboxylic acids is 1. The summed E-state index contributed by atoms with van der Waals surface area (Å²) >= 11 is 0. The fraction of sp³-hybridized carbons (Fsp3) is 0.861. The summed E-state index contributed by atoms with van der Waals surface area (Å²) in [5.41, 5.74) is 2.12. The van der Waals surface area contributed by atoms with Crippen molar-refractivity contribution in [2.24, 2.45) is 46.3 Å². The number of ether oxygens (including phenoxy) is 3. The largest absolute Gasteiger partial charge is 0.460 e. The first-order chi connectivity index (χ1) is 20.4. The van der Waals surface area contributed by atoms with Gasteiger partial charge < -0.3 is 29.5 Å². The molecule has 3 saturated carbocycles. The van der Waals surface area contributed by atoms with E-state index >= 15 is 0 Å². The molecule has 0 spiro atoms. The smallest absolute Gasteiger partial charge is 0.330 e. The van der Waals surface area contributed by atoms with E-state index in [1.165, 1.54) is 50.5 Å². The number of hydrogen-bond acceptors (Lipinski definition) is 7. The zero-order valence-corrected chi connectivity index (χ0v) is 27.2. The van der Waals surface area contributed by atoms with Crippen molar-refractivity contribution in [3.05, 3.63) is 24.3 Å². The molecule has 244 valence electrons. The fourth-order valence-corrected chi connectivity index (χ4v) is 10.3. The molecule has 5 rings (SSSR count). The summed E-state index contributed by atoms with van der Waals surface area (Å²) in [5.74, 6) is 4.11. The average molecular weight is 603 g/mol. The van der Waals surface area contributed by atoms with Crippen LogP contribution in [0.15, 0.2) is 24.3 Å². The van der Waals surface area contributed by atoms with Crippen molar-refractivity contribution in [1.82, 2.24) is 0 Å². The molecule has 0 aromatic carbocycles. The number of rotatable bonds is 10. The van der Waals surface area contributed by atoms with Gasteiger partial charge in [0, 0.05) is 6.08 Å². The highest BCUT2D eigenvalue weighted by molar-refractivity contribution is 5.81. The molecule has 4 fully saturated rings. The number of fused-ring (bicyclic) bond motifs is 5. The Labute approximate surface area is 259 Å². The third kappa shape index (κ3) is 6.40. The first kappa shape index (κ1) is 33.1. The molecule has 1 heterocycles. The third-order valence-electron chi connectivity index (χ3n) is 12.8. The van der Waals surface area contributed by atoms with Crippen molar-refractivity contribution in [2.45, 2.75) is 142 Å². The van der Waals surface area contributed by atoms with E-state index in [1.807, 2.05) is 0 Å². The molecule has 3 N–H and O–H groups in total. The van der Waals surface area contributed by atoms with E-state index in [9.17, 15) is 20.1 Å². The molecule has 1 aliphatic heterocycles. The topological polar surface area (TPSA) is 105 Å².